The van der Waals surface area contributed by atoms with Crippen LogP contribution >= 0.6 is 0 Å². The van der Waals surface area contributed by atoms with Crippen LogP contribution in [0.1, 0.15) is 16.7 Å². The Morgan fingerprint density at radius 2 is 1.48 bits per heavy atom. The normalized spacial score (nSPS) is 15.9. The van der Waals surface area contributed by atoms with Gasteiger partial charge in [0.2, 0.25) is 0 Å². The number of allylic oxidation sites excluding steroid dienone is 5. The molecule has 0 radical (unpaired) electrons. The lowest BCUT2D eigenvalue weighted by Gasteiger charge is -2.14. The zero-order valence-electron chi connectivity index (χ0n) is 11.1. The molecule has 2 aliphatic carbocycles. The molecule has 0 saturated heterocycles. The smallest absolute Gasteiger partial charge is 0.194 e. The van der Waals surface area contributed by atoms with Crippen LogP contribution in [0, 0.1) is 5.82 Å². The van der Waals surface area contributed by atoms with Crippen molar-refractivity contribution in [3.63, 3.8) is 0 Å². The van der Waals surface area contributed by atoms with Crippen LogP contribution in [0.4, 0.5) is 4.39 Å². The van der Waals surface area contributed by atoms with E-state index in [9.17, 15) is 9.18 Å². The van der Waals surface area contributed by atoms with Gasteiger partial charge in [-0.05, 0) is 46.5 Å². The summed E-state index contributed by atoms with van der Waals surface area (Å²) in [4.78, 5) is 12.7. The Balaban J connectivity index is 1.83. The van der Waals surface area contributed by atoms with Crippen molar-refractivity contribution in [1.82, 2.24) is 0 Å². The van der Waals surface area contributed by atoms with E-state index in [1.54, 1.807) is 12.1 Å². The van der Waals surface area contributed by atoms with Gasteiger partial charge in [-0.2, -0.15) is 0 Å². The second-order valence-corrected chi connectivity index (χ2v) is 5.14. The van der Waals surface area contributed by atoms with Crippen LogP contribution in [0.3, 0.4) is 0 Å². The number of ketones is 1. The van der Waals surface area contributed by atoms with E-state index in [0.29, 0.717) is 5.57 Å². The number of halogens is 1. The van der Waals surface area contributed by atoms with E-state index in [2.05, 4.69) is 0 Å². The summed E-state index contributed by atoms with van der Waals surface area (Å²) in [7, 11) is 0. The van der Waals surface area contributed by atoms with Gasteiger partial charge in [-0.1, -0.05) is 42.5 Å². The predicted octanol–water partition coefficient (Wildman–Crippen LogP) is 4.27. The summed E-state index contributed by atoms with van der Waals surface area (Å²) < 4.78 is 13.0. The molecule has 0 bridgehead atoms. The van der Waals surface area contributed by atoms with Crippen LogP contribution in [0.25, 0.3) is 17.2 Å². The van der Waals surface area contributed by atoms with Crippen LogP contribution in [-0.4, -0.2) is 5.78 Å². The summed E-state index contributed by atoms with van der Waals surface area (Å²) in [5.41, 5.74) is 5.21. The van der Waals surface area contributed by atoms with Crippen LogP contribution in [0.2, 0.25) is 0 Å². The maximum absolute atomic E-state index is 13.0. The molecule has 0 amide bonds. The molecule has 1 nitrogen and oxygen atoms in total. The van der Waals surface area contributed by atoms with Crippen molar-refractivity contribution in [2.45, 2.75) is 0 Å². The molecule has 0 N–H and O–H groups in total. The number of rotatable bonds is 1. The largest absolute Gasteiger partial charge is 0.289 e. The molecular formula is C19H11FO. The van der Waals surface area contributed by atoms with Gasteiger partial charge in [0, 0.05) is 11.1 Å². The van der Waals surface area contributed by atoms with Crippen molar-refractivity contribution in [3.05, 3.63) is 88.8 Å². The highest BCUT2D eigenvalue weighted by Gasteiger charge is 2.28. The highest BCUT2D eigenvalue weighted by atomic mass is 19.1. The lowest BCUT2D eigenvalue weighted by Crippen LogP contribution is -2.08. The van der Waals surface area contributed by atoms with E-state index < -0.39 is 0 Å². The first-order chi connectivity index (χ1) is 10.2. The first-order valence-electron chi connectivity index (χ1n) is 6.78. The van der Waals surface area contributed by atoms with Gasteiger partial charge in [-0.15, -0.1) is 0 Å². The number of hydrogen-bond acceptors (Lipinski definition) is 1. The van der Waals surface area contributed by atoms with E-state index in [1.165, 1.54) is 12.1 Å². The third-order valence-electron chi connectivity index (χ3n) is 3.90. The van der Waals surface area contributed by atoms with Crippen molar-refractivity contribution < 1.29 is 9.18 Å². The molecule has 0 heterocycles. The van der Waals surface area contributed by atoms with E-state index in [-0.39, 0.29) is 11.6 Å². The molecule has 0 fully saturated rings. The fourth-order valence-corrected chi connectivity index (χ4v) is 2.86. The molecule has 21 heavy (non-hydrogen) atoms. The van der Waals surface area contributed by atoms with Crippen LogP contribution in [0.15, 0.2) is 66.3 Å². The lowest BCUT2D eigenvalue weighted by molar-refractivity contribution is -0.110. The summed E-state index contributed by atoms with van der Waals surface area (Å²) >= 11 is 0. The maximum atomic E-state index is 13.0. The van der Waals surface area contributed by atoms with Crippen molar-refractivity contribution in [2.24, 2.45) is 0 Å². The molecule has 0 aromatic heterocycles. The van der Waals surface area contributed by atoms with Gasteiger partial charge < -0.3 is 0 Å². The minimum absolute atomic E-state index is 0.00434. The molecule has 0 aliphatic heterocycles. The third-order valence-corrected chi connectivity index (χ3v) is 3.90. The van der Waals surface area contributed by atoms with Crippen LogP contribution < -0.4 is 0 Å². The first-order valence-corrected chi connectivity index (χ1v) is 6.78. The summed E-state index contributed by atoms with van der Waals surface area (Å²) in [6.07, 6.45) is 5.72. The molecule has 0 saturated carbocycles. The summed E-state index contributed by atoms with van der Waals surface area (Å²) in [6, 6.07) is 14.0. The molecule has 2 aliphatic rings. The van der Waals surface area contributed by atoms with Gasteiger partial charge in [0.25, 0.3) is 0 Å². The SMILES string of the molecule is O=C1C2=Cc3ccccc3C2=CC=C1c1ccc(F)cc1. The average molecular weight is 274 g/mol. The Labute approximate surface area is 121 Å². The lowest BCUT2D eigenvalue weighted by atomic mass is 9.88. The molecule has 2 heteroatoms. The molecule has 0 spiro atoms. The standard InChI is InChI=1S/C19H11FO/c20-14-7-5-12(6-8-14)16-9-10-17-15-4-2-1-3-13(15)11-18(17)19(16)21/h1-11H. The molecular weight excluding hydrogens is 263 g/mol. The summed E-state index contributed by atoms with van der Waals surface area (Å²) in [5, 5.41) is 0. The molecule has 4 rings (SSSR count). The number of carbonyl (C=O) groups is 1. The second-order valence-electron chi connectivity index (χ2n) is 5.14. The Kier molecular flexibility index (Phi) is 2.51. The third kappa shape index (κ3) is 1.80. The maximum Gasteiger partial charge on any atom is 0.194 e. The quantitative estimate of drug-likeness (QED) is 0.759. The number of fused-ring (bicyclic) bond motifs is 3. The van der Waals surface area contributed by atoms with Gasteiger partial charge in [-0.25, -0.2) is 4.39 Å². The van der Waals surface area contributed by atoms with E-state index >= 15 is 0 Å². The van der Waals surface area contributed by atoms with Crippen molar-refractivity contribution in [1.29, 1.82) is 0 Å². The summed E-state index contributed by atoms with van der Waals surface area (Å²) in [5.74, 6) is -0.304. The fraction of sp³-hybridized carbons (Fsp3) is 0. The second kappa shape index (κ2) is 4.38. The van der Waals surface area contributed by atoms with Gasteiger partial charge in [-0.3, -0.25) is 4.79 Å². The monoisotopic (exact) mass is 274 g/mol. The predicted molar refractivity (Wildman–Crippen MR) is 81.8 cm³/mol. The number of carbonyl (C=O) groups excluding carboxylic acids is 1. The minimum Gasteiger partial charge on any atom is -0.289 e. The Morgan fingerprint density at radius 3 is 2.29 bits per heavy atom. The van der Waals surface area contributed by atoms with Crippen molar-refractivity contribution in [2.75, 3.05) is 0 Å². The zero-order chi connectivity index (χ0) is 14.4. The van der Waals surface area contributed by atoms with Gasteiger partial charge in [0.1, 0.15) is 5.82 Å². The van der Waals surface area contributed by atoms with Crippen LogP contribution in [0.5, 0.6) is 0 Å². The van der Waals surface area contributed by atoms with E-state index in [0.717, 1.165) is 27.8 Å². The van der Waals surface area contributed by atoms with Crippen LogP contribution in [-0.2, 0) is 4.79 Å². The molecule has 100 valence electrons. The zero-order valence-corrected chi connectivity index (χ0v) is 11.1. The highest BCUT2D eigenvalue weighted by molar-refractivity contribution is 6.38. The molecule has 2 aromatic carbocycles. The minimum atomic E-state index is -0.300. The Morgan fingerprint density at radius 1 is 0.762 bits per heavy atom. The highest BCUT2D eigenvalue weighted by Crippen LogP contribution is 2.40. The van der Waals surface area contributed by atoms with Gasteiger partial charge >= 0.3 is 0 Å². The first kappa shape index (κ1) is 12.0. The number of benzene rings is 2. The van der Waals surface area contributed by atoms with Gasteiger partial charge in [0.15, 0.2) is 5.78 Å². The van der Waals surface area contributed by atoms with E-state index in [4.69, 9.17) is 0 Å². The molecule has 2 aromatic rings. The van der Waals surface area contributed by atoms with Crippen molar-refractivity contribution >= 4 is 23.0 Å². The topological polar surface area (TPSA) is 17.1 Å². The van der Waals surface area contributed by atoms with Gasteiger partial charge in [0.05, 0.1) is 0 Å². The average Bonchev–Trinajstić information content (AvgIpc) is 2.89. The summed E-state index contributed by atoms with van der Waals surface area (Å²) in [6.45, 7) is 0. The number of hydrogen-bond donors (Lipinski definition) is 0. The Bertz CT molecular complexity index is 851. The van der Waals surface area contributed by atoms with Crippen molar-refractivity contribution in [3.8, 4) is 0 Å². The fourth-order valence-electron chi connectivity index (χ4n) is 2.86. The molecule has 0 atom stereocenters. The van der Waals surface area contributed by atoms with E-state index in [1.807, 2.05) is 42.5 Å². The number of Topliss-reactive ketones (excluding diaryl/α,β-unsaturated/α-hetero) is 1. The Hall–Kier alpha value is -2.74. The molecule has 0 unspecified atom stereocenters.